The van der Waals surface area contributed by atoms with E-state index in [0.717, 1.165) is 18.8 Å². The van der Waals surface area contributed by atoms with E-state index < -0.39 is 0 Å². The predicted octanol–water partition coefficient (Wildman–Crippen LogP) is 3.46. The molecular formula is C17H22ClN3O3. The highest BCUT2D eigenvalue weighted by Crippen LogP contribution is 2.31. The third-order valence-corrected chi connectivity index (χ3v) is 4.28. The third kappa shape index (κ3) is 3.95. The number of piperazine rings is 1. The maximum absolute atomic E-state index is 11.1. The quantitative estimate of drug-likeness (QED) is 0.674. The number of para-hydroxylation sites is 1. The summed E-state index contributed by atoms with van der Waals surface area (Å²) in [7, 11) is 0. The molecule has 1 aromatic heterocycles. The van der Waals surface area contributed by atoms with E-state index in [9.17, 15) is 10.1 Å². The van der Waals surface area contributed by atoms with Crippen molar-refractivity contribution in [2.45, 2.75) is 32.5 Å². The smallest absolute Gasteiger partial charge is 0.280 e. The van der Waals surface area contributed by atoms with E-state index in [2.05, 4.69) is 24.1 Å². The minimum Gasteiger partial charge on any atom is -0.459 e. The maximum atomic E-state index is 11.1. The highest BCUT2D eigenvalue weighted by atomic mass is 35.5. The van der Waals surface area contributed by atoms with Crippen LogP contribution in [0.3, 0.4) is 0 Å². The van der Waals surface area contributed by atoms with Crippen LogP contribution < -0.4 is 5.32 Å². The van der Waals surface area contributed by atoms with Gasteiger partial charge in [0.05, 0.1) is 17.0 Å². The molecular weight excluding hydrogens is 330 g/mol. The number of nitro benzene ring substituents is 1. The Hall–Kier alpha value is -1.89. The average Bonchev–Trinajstić information content (AvgIpc) is 2.99. The summed E-state index contributed by atoms with van der Waals surface area (Å²) in [6.07, 6.45) is 0. The molecule has 2 aromatic rings. The molecule has 0 saturated carbocycles. The Morgan fingerprint density at radius 3 is 2.79 bits per heavy atom. The van der Waals surface area contributed by atoms with Gasteiger partial charge in [-0.3, -0.25) is 15.0 Å². The number of rotatable bonds is 4. The van der Waals surface area contributed by atoms with Crippen LogP contribution in [-0.4, -0.2) is 35.0 Å². The lowest BCUT2D eigenvalue weighted by atomic mass is 10.1. The summed E-state index contributed by atoms with van der Waals surface area (Å²) in [5.41, 5.74) is 0.586. The van der Waals surface area contributed by atoms with Gasteiger partial charge in [-0.1, -0.05) is 12.1 Å². The second kappa shape index (κ2) is 7.79. The average molecular weight is 352 g/mol. The van der Waals surface area contributed by atoms with Gasteiger partial charge in [0.2, 0.25) is 0 Å². The van der Waals surface area contributed by atoms with Crippen LogP contribution in [0.15, 0.2) is 40.8 Å². The topological polar surface area (TPSA) is 71.5 Å². The number of nitrogens with zero attached hydrogens (tertiary/aromatic N) is 2. The molecule has 130 valence electrons. The number of halogens is 1. The second-order valence-corrected chi connectivity index (χ2v) is 6.13. The van der Waals surface area contributed by atoms with Crippen molar-refractivity contribution in [3.05, 3.63) is 52.3 Å². The standard InChI is InChI=1S/C17H21N3O3.ClH/c1-12-10-19(13(2)9-18-12)11-14-7-8-17(23-14)15-5-3-4-6-16(15)20(21)22;/h3-8,12-13,18H,9-11H2,1-2H3;1H. The minimum absolute atomic E-state index is 0. The van der Waals surface area contributed by atoms with Gasteiger partial charge in [0.1, 0.15) is 11.5 Å². The predicted molar refractivity (Wildman–Crippen MR) is 95.4 cm³/mol. The van der Waals surface area contributed by atoms with Gasteiger partial charge in [-0.2, -0.15) is 0 Å². The molecule has 6 nitrogen and oxygen atoms in total. The molecule has 1 aliphatic rings. The molecule has 24 heavy (non-hydrogen) atoms. The van der Waals surface area contributed by atoms with E-state index in [4.69, 9.17) is 4.42 Å². The summed E-state index contributed by atoms with van der Waals surface area (Å²) in [5.74, 6) is 1.38. The zero-order chi connectivity index (χ0) is 16.4. The normalized spacial score (nSPS) is 21.2. The summed E-state index contributed by atoms with van der Waals surface area (Å²) >= 11 is 0. The molecule has 0 bridgehead atoms. The first kappa shape index (κ1) is 18.4. The lowest BCUT2D eigenvalue weighted by molar-refractivity contribution is -0.384. The molecule has 1 fully saturated rings. The van der Waals surface area contributed by atoms with Gasteiger partial charge in [-0.25, -0.2) is 0 Å². The molecule has 1 aromatic carbocycles. The number of furan rings is 1. The maximum Gasteiger partial charge on any atom is 0.280 e. The number of benzene rings is 1. The number of hydrogen-bond acceptors (Lipinski definition) is 5. The van der Waals surface area contributed by atoms with E-state index >= 15 is 0 Å². The number of nitrogens with one attached hydrogen (secondary N) is 1. The Balaban J connectivity index is 0.00000208. The molecule has 2 unspecified atom stereocenters. The number of nitro groups is 1. The largest absolute Gasteiger partial charge is 0.459 e. The first-order valence-electron chi connectivity index (χ1n) is 7.84. The molecule has 7 heteroatoms. The lowest BCUT2D eigenvalue weighted by Gasteiger charge is -2.36. The summed E-state index contributed by atoms with van der Waals surface area (Å²) in [4.78, 5) is 13.1. The van der Waals surface area contributed by atoms with Crippen LogP contribution in [-0.2, 0) is 6.54 Å². The molecule has 2 heterocycles. The van der Waals surface area contributed by atoms with Crippen LogP contribution in [0.4, 0.5) is 5.69 Å². The van der Waals surface area contributed by atoms with Crippen molar-refractivity contribution in [3.8, 4) is 11.3 Å². The lowest BCUT2D eigenvalue weighted by Crippen LogP contribution is -2.53. The van der Waals surface area contributed by atoms with Crippen LogP contribution in [0.5, 0.6) is 0 Å². The van der Waals surface area contributed by atoms with Crippen LogP contribution in [0.1, 0.15) is 19.6 Å². The van der Waals surface area contributed by atoms with Gasteiger partial charge < -0.3 is 9.73 Å². The van der Waals surface area contributed by atoms with Crippen molar-refractivity contribution in [1.29, 1.82) is 0 Å². The summed E-state index contributed by atoms with van der Waals surface area (Å²) in [6, 6.07) is 11.3. The van der Waals surface area contributed by atoms with Crippen LogP contribution in [0, 0.1) is 10.1 Å². The Morgan fingerprint density at radius 2 is 2.04 bits per heavy atom. The van der Waals surface area contributed by atoms with Gasteiger partial charge in [-0.05, 0) is 32.0 Å². The molecule has 1 N–H and O–H groups in total. The summed E-state index contributed by atoms with van der Waals surface area (Å²) in [6.45, 7) is 6.99. The van der Waals surface area contributed by atoms with Crippen molar-refractivity contribution >= 4 is 18.1 Å². The van der Waals surface area contributed by atoms with Gasteiger partial charge in [0.15, 0.2) is 0 Å². The molecule has 0 radical (unpaired) electrons. The fraction of sp³-hybridized carbons (Fsp3) is 0.412. The van der Waals surface area contributed by atoms with E-state index in [0.29, 0.717) is 30.0 Å². The monoisotopic (exact) mass is 351 g/mol. The van der Waals surface area contributed by atoms with E-state index in [1.54, 1.807) is 18.2 Å². The van der Waals surface area contributed by atoms with Crippen molar-refractivity contribution in [3.63, 3.8) is 0 Å². The van der Waals surface area contributed by atoms with Gasteiger partial charge in [0.25, 0.3) is 5.69 Å². The molecule has 1 aliphatic heterocycles. The fourth-order valence-corrected chi connectivity index (χ4v) is 2.97. The Labute approximate surface area is 147 Å². The van der Waals surface area contributed by atoms with Crippen molar-refractivity contribution in [2.75, 3.05) is 13.1 Å². The van der Waals surface area contributed by atoms with Crippen molar-refractivity contribution in [2.24, 2.45) is 0 Å². The van der Waals surface area contributed by atoms with Crippen LogP contribution in [0.2, 0.25) is 0 Å². The second-order valence-electron chi connectivity index (χ2n) is 6.13. The first-order valence-corrected chi connectivity index (χ1v) is 7.84. The van der Waals surface area contributed by atoms with Gasteiger partial charge >= 0.3 is 0 Å². The Bertz CT molecular complexity index is 704. The SMILES string of the molecule is CC1CN(Cc2ccc(-c3ccccc3[N+](=O)[O-])o2)C(C)CN1.Cl. The first-order chi connectivity index (χ1) is 11.0. The molecule has 2 atom stereocenters. The Kier molecular flexibility index (Phi) is 5.99. The zero-order valence-electron chi connectivity index (χ0n) is 13.8. The van der Waals surface area contributed by atoms with E-state index in [1.165, 1.54) is 6.07 Å². The highest BCUT2D eigenvalue weighted by Gasteiger charge is 2.24. The minimum atomic E-state index is -0.377. The van der Waals surface area contributed by atoms with Crippen molar-refractivity contribution in [1.82, 2.24) is 10.2 Å². The van der Waals surface area contributed by atoms with Gasteiger partial charge in [-0.15, -0.1) is 12.4 Å². The fourth-order valence-electron chi connectivity index (χ4n) is 2.97. The molecule has 0 spiro atoms. The number of hydrogen-bond donors (Lipinski definition) is 1. The van der Waals surface area contributed by atoms with E-state index in [1.807, 2.05) is 12.1 Å². The van der Waals surface area contributed by atoms with E-state index in [-0.39, 0.29) is 23.0 Å². The summed E-state index contributed by atoms with van der Waals surface area (Å²) < 4.78 is 5.88. The van der Waals surface area contributed by atoms with Crippen LogP contribution in [0.25, 0.3) is 11.3 Å². The molecule has 3 rings (SSSR count). The zero-order valence-corrected chi connectivity index (χ0v) is 14.6. The highest BCUT2D eigenvalue weighted by molar-refractivity contribution is 5.85. The third-order valence-electron chi connectivity index (χ3n) is 4.28. The van der Waals surface area contributed by atoms with Crippen molar-refractivity contribution < 1.29 is 9.34 Å². The summed E-state index contributed by atoms with van der Waals surface area (Å²) in [5, 5.41) is 14.6. The van der Waals surface area contributed by atoms with Crippen LogP contribution >= 0.6 is 12.4 Å². The molecule has 0 amide bonds. The van der Waals surface area contributed by atoms with Gasteiger partial charge in [0, 0.05) is 31.2 Å². The molecule has 0 aliphatic carbocycles. The Morgan fingerprint density at radius 1 is 1.29 bits per heavy atom. The molecule has 1 saturated heterocycles.